The van der Waals surface area contributed by atoms with Crippen LogP contribution < -0.4 is 0 Å². The molecular formula is C8H18Cl2O2Si. The molecule has 0 aromatic carbocycles. The lowest BCUT2D eigenvalue weighted by Crippen LogP contribution is -2.36. The monoisotopic (exact) mass is 244 g/mol. The van der Waals surface area contributed by atoms with Gasteiger partial charge in [-0.05, 0) is 6.92 Å². The fourth-order valence-electron chi connectivity index (χ4n) is 0.980. The third-order valence-electron chi connectivity index (χ3n) is 1.58. The van der Waals surface area contributed by atoms with Gasteiger partial charge in [-0.25, -0.2) is 0 Å². The fraction of sp³-hybridized carbons (Fsp3) is 1.00. The highest BCUT2D eigenvalue weighted by Crippen LogP contribution is 2.21. The summed E-state index contributed by atoms with van der Waals surface area (Å²) in [5.41, 5.74) is 0. The number of alkyl halides is 1. The first kappa shape index (κ1) is 13.7. The molecule has 0 N–H and O–H groups in total. The van der Waals surface area contributed by atoms with Gasteiger partial charge in [0.2, 0.25) is 0 Å². The first-order valence-corrected chi connectivity index (χ1v) is 8.28. The molecule has 0 aliphatic carbocycles. The van der Waals surface area contributed by atoms with Crippen LogP contribution in [0.15, 0.2) is 0 Å². The van der Waals surface area contributed by atoms with Crippen LogP contribution >= 0.6 is 22.7 Å². The zero-order chi connectivity index (χ0) is 10.2. The summed E-state index contributed by atoms with van der Waals surface area (Å²) in [4.78, 5) is 0. The molecule has 0 aromatic heterocycles. The Balaban J connectivity index is 3.84. The van der Waals surface area contributed by atoms with Crippen LogP contribution in [-0.4, -0.2) is 27.0 Å². The van der Waals surface area contributed by atoms with Crippen LogP contribution in [0.4, 0.5) is 0 Å². The predicted octanol–water partition coefficient (Wildman–Crippen LogP) is 3.26. The summed E-state index contributed by atoms with van der Waals surface area (Å²) in [5.74, 6) is 0.473. The molecule has 0 bridgehead atoms. The van der Waals surface area contributed by atoms with E-state index in [0.29, 0.717) is 19.1 Å². The normalized spacial score (nSPS) is 15.7. The van der Waals surface area contributed by atoms with Crippen LogP contribution in [0.1, 0.15) is 26.7 Å². The number of unbranched alkanes of at least 4 members (excludes halogenated alkanes) is 1. The summed E-state index contributed by atoms with van der Waals surface area (Å²) >= 11 is 11.8. The van der Waals surface area contributed by atoms with Crippen molar-refractivity contribution in [2.75, 3.05) is 19.1 Å². The van der Waals surface area contributed by atoms with Gasteiger partial charge in [-0.1, -0.05) is 30.8 Å². The Morgan fingerprint density at radius 2 is 1.92 bits per heavy atom. The van der Waals surface area contributed by atoms with Gasteiger partial charge in [-0.3, -0.25) is 0 Å². The molecule has 0 saturated heterocycles. The van der Waals surface area contributed by atoms with E-state index in [2.05, 4.69) is 6.92 Å². The molecule has 80 valence electrons. The lowest BCUT2D eigenvalue weighted by atomic mass is 10.4. The van der Waals surface area contributed by atoms with Crippen LogP contribution in [0.2, 0.25) is 6.04 Å². The van der Waals surface area contributed by atoms with Crippen LogP contribution in [0.5, 0.6) is 0 Å². The van der Waals surface area contributed by atoms with E-state index < -0.39 is 7.87 Å². The molecule has 0 saturated carbocycles. The number of hydrogen-bond acceptors (Lipinski definition) is 2. The van der Waals surface area contributed by atoms with Gasteiger partial charge in [0.25, 0.3) is 0 Å². The van der Waals surface area contributed by atoms with Crippen molar-refractivity contribution in [1.82, 2.24) is 0 Å². The second-order valence-electron chi connectivity index (χ2n) is 2.73. The Hall–Kier alpha value is 0.717. The zero-order valence-electron chi connectivity index (χ0n) is 8.32. The minimum Gasteiger partial charge on any atom is -0.383 e. The summed E-state index contributed by atoms with van der Waals surface area (Å²) in [6, 6.07) is 0.843. The van der Waals surface area contributed by atoms with E-state index in [1.165, 1.54) is 0 Å². The Bertz CT molecular complexity index is 117. The Morgan fingerprint density at radius 3 is 2.38 bits per heavy atom. The Kier molecular flexibility index (Phi) is 8.51. The first-order valence-electron chi connectivity index (χ1n) is 4.71. The van der Waals surface area contributed by atoms with Crippen LogP contribution in [0.25, 0.3) is 0 Å². The third-order valence-corrected chi connectivity index (χ3v) is 5.27. The van der Waals surface area contributed by atoms with E-state index in [9.17, 15) is 0 Å². The standard InChI is InChI=1S/C8H18Cl2O2Si/c1-3-5-8-13(10,11-4-2)12-7-6-9/h3-8H2,1-2H3. The van der Waals surface area contributed by atoms with Crippen molar-refractivity contribution in [3.05, 3.63) is 0 Å². The van der Waals surface area contributed by atoms with Crippen molar-refractivity contribution in [2.45, 2.75) is 32.7 Å². The molecule has 0 heterocycles. The molecular weight excluding hydrogens is 227 g/mol. The van der Waals surface area contributed by atoms with Crippen LogP contribution in [0, 0.1) is 0 Å². The second-order valence-corrected chi connectivity index (χ2v) is 7.24. The first-order chi connectivity index (χ1) is 6.18. The topological polar surface area (TPSA) is 18.5 Å². The SMILES string of the molecule is CCCC[Si](Cl)(OCC)OCCCl. The van der Waals surface area contributed by atoms with Crippen molar-refractivity contribution >= 4 is 30.6 Å². The average Bonchev–Trinajstić information content (AvgIpc) is 2.12. The zero-order valence-corrected chi connectivity index (χ0v) is 10.8. The van der Waals surface area contributed by atoms with Gasteiger partial charge >= 0.3 is 7.87 Å². The minimum atomic E-state index is -2.40. The van der Waals surface area contributed by atoms with E-state index in [0.717, 1.165) is 18.9 Å². The predicted molar refractivity (Wildman–Crippen MR) is 59.6 cm³/mol. The molecule has 2 nitrogen and oxygen atoms in total. The summed E-state index contributed by atoms with van der Waals surface area (Å²) in [5, 5.41) is 0. The fourth-order valence-corrected chi connectivity index (χ4v) is 4.13. The van der Waals surface area contributed by atoms with E-state index >= 15 is 0 Å². The van der Waals surface area contributed by atoms with Crippen molar-refractivity contribution in [2.24, 2.45) is 0 Å². The molecule has 0 radical (unpaired) electrons. The Morgan fingerprint density at radius 1 is 1.23 bits per heavy atom. The highest BCUT2D eigenvalue weighted by molar-refractivity contribution is 7.12. The van der Waals surface area contributed by atoms with Gasteiger partial charge < -0.3 is 8.85 Å². The van der Waals surface area contributed by atoms with Gasteiger partial charge in [0.1, 0.15) is 0 Å². The molecule has 0 fully saturated rings. The van der Waals surface area contributed by atoms with Gasteiger partial charge in [0, 0.05) is 18.5 Å². The van der Waals surface area contributed by atoms with E-state index in [4.69, 9.17) is 31.5 Å². The summed E-state index contributed by atoms with van der Waals surface area (Å²) in [7, 11) is -2.40. The summed E-state index contributed by atoms with van der Waals surface area (Å²) < 4.78 is 10.9. The van der Waals surface area contributed by atoms with Crippen molar-refractivity contribution < 1.29 is 8.85 Å². The van der Waals surface area contributed by atoms with Crippen molar-refractivity contribution in [3.8, 4) is 0 Å². The third kappa shape index (κ3) is 6.74. The van der Waals surface area contributed by atoms with Crippen LogP contribution in [0.3, 0.4) is 0 Å². The Labute approximate surface area is 91.5 Å². The van der Waals surface area contributed by atoms with E-state index in [1.807, 2.05) is 6.92 Å². The van der Waals surface area contributed by atoms with Gasteiger partial charge in [-0.2, -0.15) is 0 Å². The molecule has 0 aliphatic rings. The minimum absolute atomic E-state index is 0.473. The van der Waals surface area contributed by atoms with Crippen LogP contribution in [-0.2, 0) is 8.85 Å². The maximum atomic E-state index is 6.23. The molecule has 5 heteroatoms. The molecule has 0 spiro atoms. The molecule has 0 aromatic rings. The second kappa shape index (κ2) is 8.06. The number of halogens is 2. The lowest BCUT2D eigenvalue weighted by molar-refractivity contribution is 0.203. The van der Waals surface area contributed by atoms with Gasteiger partial charge in [-0.15, -0.1) is 11.6 Å². The van der Waals surface area contributed by atoms with Gasteiger partial charge in [0.15, 0.2) is 0 Å². The highest BCUT2D eigenvalue weighted by Gasteiger charge is 2.34. The maximum absolute atomic E-state index is 6.23. The number of hydrogen-bond donors (Lipinski definition) is 0. The largest absolute Gasteiger partial charge is 0.443 e. The van der Waals surface area contributed by atoms with E-state index in [-0.39, 0.29) is 0 Å². The number of rotatable bonds is 8. The van der Waals surface area contributed by atoms with Crippen molar-refractivity contribution in [1.29, 1.82) is 0 Å². The highest BCUT2D eigenvalue weighted by atomic mass is 35.6. The average molecular weight is 245 g/mol. The summed E-state index contributed by atoms with van der Waals surface area (Å²) in [6.45, 7) is 5.15. The van der Waals surface area contributed by atoms with Crippen molar-refractivity contribution in [3.63, 3.8) is 0 Å². The maximum Gasteiger partial charge on any atom is 0.443 e. The molecule has 0 aliphatic heterocycles. The molecule has 1 atom stereocenters. The lowest BCUT2D eigenvalue weighted by Gasteiger charge is -2.22. The smallest absolute Gasteiger partial charge is 0.383 e. The van der Waals surface area contributed by atoms with Gasteiger partial charge in [0.05, 0.1) is 6.61 Å². The molecule has 1 unspecified atom stereocenters. The summed E-state index contributed by atoms with van der Waals surface area (Å²) in [6.07, 6.45) is 2.16. The molecule has 0 rings (SSSR count). The van der Waals surface area contributed by atoms with E-state index in [1.54, 1.807) is 0 Å². The molecule has 13 heavy (non-hydrogen) atoms. The molecule has 0 amide bonds. The quantitative estimate of drug-likeness (QED) is 0.371.